The number of benzene rings is 1. The molecule has 1 heterocycles. The number of nitrogens with zero attached hydrogens (tertiary/aromatic N) is 2. The van der Waals surface area contributed by atoms with Crippen LogP contribution in [0, 0.1) is 17.0 Å². The zero-order valence-electron chi connectivity index (χ0n) is 10.8. The molecular formula is C13H9Cl2N3O3. The lowest BCUT2D eigenvalue weighted by Crippen LogP contribution is -2.15. The molecule has 2 aromatic rings. The first-order valence-electron chi connectivity index (χ1n) is 5.77. The van der Waals surface area contributed by atoms with E-state index in [1.165, 1.54) is 18.2 Å². The summed E-state index contributed by atoms with van der Waals surface area (Å²) >= 11 is 11.7. The van der Waals surface area contributed by atoms with Crippen LogP contribution in [0.15, 0.2) is 30.3 Å². The summed E-state index contributed by atoms with van der Waals surface area (Å²) in [4.78, 5) is 26.2. The summed E-state index contributed by atoms with van der Waals surface area (Å²) in [6.45, 7) is 1.75. The smallest absolute Gasteiger partial charge is 0.301 e. The number of aromatic nitrogens is 1. The van der Waals surface area contributed by atoms with Gasteiger partial charge in [0.25, 0.3) is 5.91 Å². The van der Waals surface area contributed by atoms with Gasteiger partial charge in [-0.25, -0.2) is 4.98 Å². The Morgan fingerprint density at radius 2 is 2.00 bits per heavy atom. The van der Waals surface area contributed by atoms with Gasteiger partial charge in [-0.15, -0.1) is 0 Å². The van der Waals surface area contributed by atoms with Crippen molar-refractivity contribution in [1.29, 1.82) is 0 Å². The molecule has 0 unspecified atom stereocenters. The van der Waals surface area contributed by atoms with E-state index < -0.39 is 10.8 Å². The standard InChI is InChI=1S/C13H9Cl2N3O3/c1-7-3-2-4-8(11(7)15)13(19)17-12-9(18(20)21)5-6-10(14)16-12/h2-6H,1H3,(H,16,17,19). The topological polar surface area (TPSA) is 85.1 Å². The van der Waals surface area contributed by atoms with Crippen LogP contribution in [0.25, 0.3) is 0 Å². The Balaban J connectivity index is 2.38. The zero-order valence-corrected chi connectivity index (χ0v) is 12.3. The quantitative estimate of drug-likeness (QED) is 0.527. The number of nitrogens with one attached hydrogen (secondary N) is 1. The van der Waals surface area contributed by atoms with Crippen molar-refractivity contribution in [2.75, 3.05) is 5.32 Å². The highest BCUT2D eigenvalue weighted by Gasteiger charge is 2.20. The van der Waals surface area contributed by atoms with Crippen LogP contribution in [0.3, 0.4) is 0 Å². The van der Waals surface area contributed by atoms with Crippen LogP contribution >= 0.6 is 23.2 Å². The number of anilines is 1. The van der Waals surface area contributed by atoms with Crippen molar-refractivity contribution < 1.29 is 9.72 Å². The number of hydrogen-bond donors (Lipinski definition) is 1. The molecule has 0 aliphatic heterocycles. The van der Waals surface area contributed by atoms with Crippen LogP contribution in [-0.2, 0) is 0 Å². The molecule has 1 N–H and O–H groups in total. The van der Waals surface area contributed by atoms with Gasteiger partial charge in [0.05, 0.1) is 15.5 Å². The van der Waals surface area contributed by atoms with E-state index in [-0.39, 0.29) is 27.2 Å². The maximum atomic E-state index is 12.2. The number of rotatable bonds is 3. The minimum absolute atomic E-state index is 0.0336. The largest absolute Gasteiger partial charge is 0.311 e. The van der Waals surface area contributed by atoms with Gasteiger partial charge < -0.3 is 5.32 Å². The fraction of sp³-hybridized carbons (Fsp3) is 0.0769. The molecule has 0 fully saturated rings. The number of aryl methyl sites for hydroxylation is 1. The second-order valence-corrected chi connectivity index (χ2v) is 4.91. The van der Waals surface area contributed by atoms with E-state index in [4.69, 9.17) is 23.2 Å². The fourth-order valence-electron chi connectivity index (χ4n) is 1.66. The van der Waals surface area contributed by atoms with E-state index in [1.54, 1.807) is 19.1 Å². The molecule has 0 aliphatic rings. The molecule has 0 atom stereocenters. The van der Waals surface area contributed by atoms with E-state index in [2.05, 4.69) is 10.3 Å². The van der Waals surface area contributed by atoms with Crippen LogP contribution in [-0.4, -0.2) is 15.8 Å². The van der Waals surface area contributed by atoms with E-state index in [0.717, 1.165) is 5.56 Å². The zero-order chi connectivity index (χ0) is 15.6. The van der Waals surface area contributed by atoms with Gasteiger partial charge in [-0.1, -0.05) is 35.3 Å². The summed E-state index contributed by atoms with van der Waals surface area (Å²) in [5.41, 5.74) is 0.571. The van der Waals surface area contributed by atoms with Gasteiger partial charge in [0.1, 0.15) is 5.15 Å². The minimum atomic E-state index is -0.656. The predicted octanol–water partition coefficient (Wildman–Crippen LogP) is 3.86. The average Bonchev–Trinajstić information content (AvgIpc) is 2.41. The Hall–Kier alpha value is -2.18. The van der Waals surface area contributed by atoms with Crippen molar-refractivity contribution in [2.45, 2.75) is 6.92 Å². The van der Waals surface area contributed by atoms with Crippen LogP contribution in [0.1, 0.15) is 15.9 Å². The maximum Gasteiger partial charge on any atom is 0.311 e. The molecule has 1 aromatic heterocycles. The molecule has 1 aromatic carbocycles. The van der Waals surface area contributed by atoms with Gasteiger partial charge in [0.2, 0.25) is 5.82 Å². The van der Waals surface area contributed by atoms with Gasteiger partial charge in [-0.05, 0) is 24.6 Å². The molecule has 0 bridgehead atoms. The summed E-state index contributed by atoms with van der Waals surface area (Å²) in [6, 6.07) is 7.37. The molecule has 0 aliphatic carbocycles. The van der Waals surface area contributed by atoms with E-state index in [0.29, 0.717) is 0 Å². The third-order valence-electron chi connectivity index (χ3n) is 2.71. The second-order valence-electron chi connectivity index (χ2n) is 4.15. The summed E-state index contributed by atoms with van der Waals surface area (Å²) in [6.07, 6.45) is 0. The van der Waals surface area contributed by atoms with Crippen LogP contribution in [0.5, 0.6) is 0 Å². The maximum absolute atomic E-state index is 12.2. The van der Waals surface area contributed by atoms with Crippen LogP contribution < -0.4 is 5.32 Å². The number of pyridine rings is 1. The van der Waals surface area contributed by atoms with Gasteiger partial charge in [-0.3, -0.25) is 14.9 Å². The first kappa shape index (κ1) is 15.2. The third kappa shape index (κ3) is 3.29. The van der Waals surface area contributed by atoms with Gasteiger partial charge in [0, 0.05) is 6.07 Å². The van der Waals surface area contributed by atoms with Crippen molar-refractivity contribution in [1.82, 2.24) is 4.98 Å². The molecular weight excluding hydrogens is 317 g/mol. The molecule has 1 amide bonds. The summed E-state index contributed by atoms with van der Waals surface area (Å²) < 4.78 is 0. The number of amides is 1. The van der Waals surface area contributed by atoms with E-state index >= 15 is 0 Å². The lowest BCUT2D eigenvalue weighted by atomic mass is 10.1. The summed E-state index contributed by atoms with van der Waals surface area (Å²) in [5, 5.41) is 13.6. The Kier molecular flexibility index (Phi) is 4.40. The number of carbonyl (C=O) groups is 1. The molecule has 0 radical (unpaired) electrons. The van der Waals surface area contributed by atoms with E-state index in [1.807, 2.05) is 0 Å². The monoisotopic (exact) mass is 325 g/mol. The highest BCUT2D eigenvalue weighted by Crippen LogP contribution is 2.26. The molecule has 8 heteroatoms. The summed E-state index contributed by atoms with van der Waals surface area (Å²) in [5.74, 6) is -0.823. The molecule has 2 rings (SSSR count). The third-order valence-corrected chi connectivity index (χ3v) is 3.42. The highest BCUT2D eigenvalue weighted by molar-refractivity contribution is 6.35. The first-order valence-corrected chi connectivity index (χ1v) is 6.53. The van der Waals surface area contributed by atoms with E-state index in [9.17, 15) is 14.9 Å². The molecule has 0 saturated heterocycles. The van der Waals surface area contributed by atoms with Crippen LogP contribution in [0.4, 0.5) is 11.5 Å². The number of nitro groups is 1. The fourth-order valence-corrected chi connectivity index (χ4v) is 2.02. The lowest BCUT2D eigenvalue weighted by Gasteiger charge is -2.08. The number of hydrogen-bond acceptors (Lipinski definition) is 4. The first-order chi connectivity index (χ1) is 9.90. The van der Waals surface area contributed by atoms with Gasteiger partial charge in [-0.2, -0.15) is 0 Å². The lowest BCUT2D eigenvalue weighted by molar-refractivity contribution is -0.384. The molecule has 0 spiro atoms. The molecule has 108 valence electrons. The van der Waals surface area contributed by atoms with Gasteiger partial charge in [0.15, 0.2) is 0 Å². The predicted molar refractivity (Wildman–Crippen MR) is 80.0 cm³/mol. The number of carbonyl (C=O) groups excluding carboxylic acids is 1. The van der Waals surface area contributed by atoms with Crippen LogP contribution in [0.2, 0.25) is 10.2 Å². The Bertz CT molecular complexity index is 735. The Morgan fingerprint density at radius 1 is 1.29 bits per heavy atom. The normalized spacial score (nSPS) is 10.2. The second kappa shape index (κ2) is 6.07. The van der Waals surface area contributed by atoms with Crippen molar-refractivity contribution >= 4 is 40.6 Å². The highest BCUT2D eigenvalue weighted by atomic mass is 35.5. The average molecular weight is 326 g/mol. The SMILES string of the molecule is Cc1cccc(C(=O)Nc2nc(Cl)ccc2[N+](=O)[O-])c1Cl. The summed E-state index contributed by atoms with van der Waals surface area (Å²) in [7, 11) is 0. The molecule has 21 heavy (non-hydrogen) atoms. The minimum Gasteiger partial charge on any atom is -0.301 e. The Labute approximate surface area is 129 Å². The van der Waals surface area contributed by atoms with Crippen molar-refractivity contribution in [3.63, 3.8) is 0 Å². The van der Waals surface area contributed by atoms with Crippen molar-refractivity contribution in [3.8, 4) is 0 Å². The molecule has 6 nitrogen and oxygen atoms in total. The van der Waals surface area contributed by atoms with Gasteiger partial charge >= 0.3 is 5.69 Å². The number of halogens is 2. The molecule has 0 saturated carbocycles. The van der Waals surface area contributed by atoms with Crippen molar-refractivity contribution in [2.24, 2.45) is 0 Å². The van der Waals surface area contributed by atoms with Crippen molar-refractivity contribution in [3.05, 3.63) is 61.7 Å². The Morgan fingerprint density at radius 3 is 2.67 bits per heavy atom.